The number of aromatic amines is 1. The smallest absolute Gasteiger partial charge is 0.262 e. The predicted octanol–water partition coefficient (Wildman–Crippen LogP) is 2.87. The average Bonchev–Trinajstić information content (AvgIpc) is 2.80. The maximum atomic E-state index is 12.4. The molecule has 2 aromatic heterocycles. The van der Waals surface area contributed by atoms with Gasteiger partial charge < -0.3 is 4.98 Å². The molecule has 0 spiro atoms. The second-order valence-electron chi connectivity index (χ2n) is 4.25. The Morgan fingerprint density at radius 1 is 1.42 bits per heavy atom. The molecule has 4 nitrogen and oxygen atoms in total. The number of aromatic nitrogens is 3. The van der Waals surface area contributed by atoms with Gasteiger partial charge >= 0.3 is 0 Å². The topological polar surface area (TPSA) is 50.7 Å². The minimum absolute atomic E-state index is 0.0767. The van der Waals surface area contributed by atoms with Crippen LogP contribution in [0.3, 0.4) is 0 Å². The third kappa shape index (κ3) is 2.24. The van der Waals surface area contributed by atoms with Crippen LogP contribution in [0.1, 0.15) is 10.7 Å². The highest BCUT2D eigenvalue weighted by Gasteiger charge is 2.07. The second-order valence-corrected chi connectivity index (χ2v) is 5.58. The number of benzene rings is 1. The van der Waals surface area contributed by atoms with Crippen LogP contribution in [0.25, 0.3) is 10.9 Å². The number of fused-ring (bicyclic) bond motifs is 1. The van der Waals surface area contributed by atoms with Crippen molar-refractivity contribution in [3.63, 3.8) is 0 Å². The van der Waals surface area contributed by atoms with Gasteiger partial charge in [-0.05, 0) is 31.3 Å². The number of thiazole rings is 1. The number of aryl methyl sites for hydroxylation is 1. The van der Waals surface area contributed by atoms with E-state index in [2.05, 4.69) is 9.97 Å². The van der Waals surface area contributed by atoms with Gasteiger partial charge in [0.25, 0.3) is 5.56 Å². The van der Waals surface area contributed by atoms with E-state index in [0.29, 0.717) is 16.7 Å². The third-order valence-corrected chi connectivity index (χ3v) is 4.12. The molecule has 0 radical (unpaired) electrons. The Hall–Kier alpha value is -1.79. The minimum atomic E-state index is -0.0767. The molecule has 1 N–H and O–H groups in total. The van der Waals surface area contributed by atoms with Crippen molar-refractivity contribution in [2.75, 3.05) is 0 Å². The summed E-state index contributed by atoms with van der Waals surface area (Å²) in [6, 6.07) is 7.37. The van der Waals surface area contributed by atoms with Crippen molar-refractivity contribution in [3.8, 4) is 0 Å². The molecule has 2 heterocycles. The van der Waals surface area contributed by atoms with E-state index >= 15 is 0 Å². The number of H-pyrrole nitrogens is 1. The van der Waals surface area contributed by atoms with Crippen molar-refractivity contribution in [2.45, 2.75) is 13.5 Å². The van der Waals surface area contributed by atoms with E-state index in [0.717, 1.165) is 16.2 Å². The van der Waals surface area contributed by atoms with E-state index in [1.165, 1.54) is 11.3 Å². The van der Waals surface area contributed by atoms with Gasteiger partial charge in [-0.15, -0.1) is 11.3 Å². The molecule has 0 amide bonds. The van der Waals surface area contributed by atoms with Crippen LogP contribution in [0.4, 0.5) is 0 Å². The normalized spacial score (nSPS) is 11.0. The van der Waals surface area contributed by atoms with Gasteiger partial charge in [0.05, 0.1) is 17.4 Å². The molecular weight excluding hydrogens is 278 g/mol. The molecule has 0 aliphatic rings. The lowest BCUT2D eigenvalue weighted by atomic mass is 10.2. The summed E-state index contributed by atoms with van der Waals surface area (Å²) in [5.41, 5.74) is 1.65. The van der Waals surface area contributed by atoms with E-state index in [4.69, 9.17) is 12.2 Å². The van der Waals surface area contributed by atoms with Crippen LogP contribution < -0.4 is 5.56 Å². The van der Waals surface area contributed by atoms with Crippen molar-refractivity contribution in [1.29, 1.82) is 0 Å². The Bertz CT molecular complexity index is 860. The van der Waals surface area contributed by atoms with Gasteiger partial charge in [-0.3, -0.25) is 9.36 Å². The highest BCUT2D eigenvalue weighted by Crippen LogP contribution is 2.11. The van der Waals surface area contributed by atoms with E-state index in [-0.39, 0.29) is 5.56 Å². The van der Waals surface area contributed by atoms with Crippen molar-refractivity contribution in [2.24, 2.45) is 0 Å². The number of hydrogen-bond acceptors (Lipinski definition) is 4. The number of hydrogen-bond donors (Lipinski definition) is 1. The first-order chi connectivity index (χ1) is 9.15. The van der Waals surface area contributed by atoms with Gasteiger partial charge in [0.15, 0.2) is 4.77 Å². The monoisotopic (exact) mass is 289 g/mol. The zero-order chi connectivity index (χ0) is 13.4. The first-order valence-electron chi connectivity index (χ1n) is 5.78. The second kappa shape index (κ2) is 4.71. The average molecular weight is 289 g/mol. The highest BCUT2D eigenvalue weighted by atomic mass is 32.1. The molecule has 3 aromatic rings. The summed E-state index contributed by atoms with van der Waals surface area (Å²) in [7, 11) is 0. The maximum absolute atomic E-state index is 12.4. The zero-order valence-corrected chi connectivity index (χ0v) is 11.8. The lowest BCUT2D eigenvalue weighted by Crippen LogP contribution is -2.22. The summed E-state index contributed by atoms with van der Waals surface area (Å²) in [5, 5.41) is 3.49. The Balaban J connectivity index is 2.18. The van der Waals surface area contributed by atoms with Gasteiger partial charge in [-0.25, -0.2) is 4.98 Å². The molecule has 0 saturated carbocycles. The summed E-state index contributed by atoms with van der Waals surface area (Å²) in [4.78, 5) is 19.9. The van der Waals surface area contributed by atoms with Gasteiger partial charge in [0, 0.05) is 11.1 Å². The van der Waals surface area contributed by atoms with Crippen LogP contribution in [0.2, 0.25) is 0 Å². The number of nitrogens with one attached hydrogen (secondary N) is 1. The summed E-state index contributed by atoms with van der Waals surface area (Å²) in [6.45, 7) is 2.35. The van der Waals surface area contributed by atoms with E-state index in [9.17, 15) is 4.79 Å². The first-order valence-corrected chi connectivity index (χ1v) is 7.07. The molecule has 19 heavy (non-hydrogen) atoms. The first kappa shape index (κ1) is 12.3. The molecular formula is C13H11N3OS2. The largest absolute Gasteiger partial charge is 0.332 e. The molecule has 3 rings (SSSR count). The summed E-state index contributed by atoms with van der Waals surface area (Å²) in [6.07, 6.45) is 0. The van der Waals surface area contributed by atoms with E-state index in [1.54, 1.807) is 10.6 Å². The van der Waals surface area contributed by atoms with Crippen molar-refractivity contribution in [3.05, 3.63) is 55.5 Å². The van der Waals surface area contributed by atoms with Gasteiger partial charge in [-0.1, -0.05) is 12.1 Å². The molecule has 0 aliphatic heterocycles. The van der Waals surface area contributed by atoms with Gasteiger partial charge in [0.1, 0.15) is 5.01 Å². The molecule has 1 aromatic carbocycles. The van der Waals surface area contributed by atoms with Crippen molar-refractivity contribution in [1.82, 2.24) is 14.5 Å². The lowest BCUT2D eigenvalue weighted by molar-refractivity contribution is 0.728. The summed E-state index contributed by atoms with van der Waals surface area (Å²) in [5.74, 6) is 0. The van der Waals surface area contributed by atoms with Gasteiger partial charge in [0.2, 0.25) is 0 Å². The number of rotatable bonds is 2. The fraction of sp³-hybridized carbons (Fsp3) is 0.154. The standard InChI is InChI=1S/C13H11N3OS2/c1-8-7-19-11(14-8)6-16-12(17)9-4-2-3-5-10(9)15-13(16)18/h2-5,7H,6H2,1H3,(H,15,18). The minimum Gasteiger partial charge on any atom is -0.332 e. The summed E-state index contributed by atoms with van der Waals surface area (Å²) >= 11 is 6.79. The Morgan fingerprint density at radius 3 is 2.95 bits per heavy atom. The molecule has 0 unspecified atom stereocenters. The van der Waals surface area contributed by atoms with Crippen LogP contribution in [0.15, 0.2) is 34.4 Å². The molecule has 0 saturated heterocycles. The quantitative estimate of drug-likeness (QED) is 0.738. The number of nitrogens with zero attached hydrogens (tertiary/aromatic N) is 2. The van der Waals surface area contributed by atoms with Gasteiger partial charge in [-0.2, -0.15) is 0 Å². The highest BCUT2D eigenvalue weighted by molar-refractivity contribution is 7.71. The third-order valence-electron chi connectivity index (χ3n) is 2.85. The predicted molar refractivity (Wildman–Crippen MR) is 79.3 cm³/mol. The van der Waals surface area contributed by atoms with Crippen LogP contribution in [0, 0.1) is 11.7 Å². The number of para-hydroxylation sites is 1. The van der Waals surface area contributed by atoms with Crippen molar-refractivity contribution < 1.29 is 0 Å². The molecule has 96 valence electrons. The zero-order valence-electron chi connectivity index (χ0n) is 10.2. The van der Waals surface area contributed by atoms with Crippen molar-refractivity contribution >= 4 is 34.5 Å². The Kier molecular flexibility index (Phi) is 3.04. The fourth-order valence-electron chi connectivity index (χ4n) is 1.95. The molecule has 0 aliphatic carbocycles. The lowest BCUT2D eigenvalue weighted by Gasteiger charge is -2.06. The van der Waals surface area contributed by atoms with E-state index < -0.39 is 0 Å². The molecule has 0 bridgehead atoms. The SMILES string of the molecule is Cc1csc(Cn2c(=S)[nH]c3ccccc3c2=O)n1. The molecule has 0 fully saturated rings. The van der Waals surface area contributed by atoms with Crippen LogP contribution in [-0.4, -0.2) is 14.5 Å². The van der Waals surface area contributed by atoms with Crippen LogP contribution >= 0.6 is 23.6 Å². The summed E-state index contributed by atoms with van der Waals surface area (Å²) < 4.78 is 1.98. The fourth-order valence-corrected chi connectivity index (χ4v) is 2.97. The van der Waals surface area contributed by atoms with Crippen LogP contribution in [-0.2, 0) is 6.54 Å². The maximum Gasteiger partial charge on any atom is 0.262 e. The Labute approximate surface area is 118 Å². The van der Waals surface area contributed by atoms with E-state index in [1.807, 2.05) is 30.5 Å². The Morgan fingerprint density at radius 2 is 2.21 bits per heavy atom. The molecule has 6 heteroatoms. The van der Waals surface area contributed by atoms with Crippen LogP contribution in [0.5, 0.6) is 0 Å². The molecule has 0 atom stereocenters.